The molecular weight excluding hydrogens is 282 g/mol. The van der Waals surface area contributed by atoms with E-state index in [1.165, 1.54) is 38.5 Å². The van der Waals surface area contributed by atoms with E-state index in [9.17, 15) is 0 Å². The molecule has 2 N–H and O–H groups in total. The van der Waals surface area contributed by atoms with E-state index in [1.807, 2.05) is 4.68 Å². The number of aryl methyl sites for hydroxylation is 2. The zero-order valence-electron chi connectivity index (χ0n) is 13.6. The van der Waals surface area contributed by atoms with Crippen LogP contribution in [0.15, 0.2) is 0 Å². The summed E-state index contributed by atoms with van der Waals surface area (Å²) in [5.41, 5.74) is 8.51. The molecule has 0 spiro atoms. The predicted octanol–water partition coefficient (Wildman–Crippen LogP) is 4.35. The van der Waals surface area contributed by atoms with Gasteiger partial charge >= 0.3 is 0 Å². The highest BCUT2D eigenvalue weighted by Gasteiger charge is 2.19. The lowest BCUT2D eigenvalue weighted by Gasteiger charge is -2.23. The van der Waals surface area contributed by atoms with E-state index in [-0.39, 0.29) is 6.04 Å². The van der Waals surface area contributed by atoms with Crippen molar-refractivity contribution in [3.8, 4) is 0 Å². The fourth-order valence-electron chi connectivity index (χ4n) is 3.49. The molecule has 1 heterocycles. The van der Waals surface area contributed by atoms with E-state index < -0.39 is 0 Å². The van der Waals surface area contributed by atoms with Crippen molar-refractivity contribution in [1.82, 2.24) is 9.78 Å². The molecule has 0 radical (unpaired) electrons. The van der Waals surface area contributed by atoms with Gasteiger partial charge in [-0.25, -0.2) is 0 Å². The van der Waals surface area contributed by atoms with Gasteiger partial charge < -0.3 is 5.73 Å². The van der Waals surface area contributed by atoms with Crippen molar-refractivity contribution in [2.75, 3.05) is 0 Å². The topological polar surface area (TPSA) is 43.8 Å². The molecule has 0 aromatic carbocycles. The van der Waals surface area contributed by atoms with Crippen LogP contribution < -0.4 is 5.73 Å². The SMILES string of the molecule is CCc1nn(CC)c(CC(N)CCC2CCCCC2)c1Cl. The second kappa shape index (κ2) is 8.19. The maximum atomic E-state index is 6.46. The molecule has 1 fully saturated rings. The molecule has 1 aromatic rings. The first-order chi connectivity index (χ1) is 10.2. The Kier molecular flexibility index (Phi) is 6.56. The highest BCUT2D eigenvalue weighted by Crippen LogP contribution is 2.28. The number of nitrogens with zero attached hydrogens (tertiary/aromatic N) is 2. The molecule has 1 atom stereocenters. The Bertz CT molecular complexity index is 435. The normalized spacial score (nSPS) is 18.1. The number of aromatic nitrogens is 2. The molecule has 1 aliphatic rings. The number of hydrogen-bond donors (Lipinski definition) is 1. The smallest absolute Gasteiger partial charge is 0.0850 e. The monoisotopic (exact) mass is 311 g/mol. The summed E-state index contributed by atoms with van der Waals surface area (Å²) in [7, 11) is 0. The first-order valence-electron chi connectivity index (χ1n) is 8.65. The zero-order chi connectivity index (χ0) is 15.2. The van der Waals surface area contributed by atoms with Crippen LogP contribution in [0.2, 0.25) is 5.02 Å². The second-order valence-corrected chi connectivity index (χ2v) is 6.80. The van der Waals surface area contributed by atoms with Crippen LogP contribution in [0.5, 0.6) is 0 Å². The minimum Gasteiger partial charge on any atom is -0.327 e. The molecule has 21 heavy (non-hydrogen) atoms. The van der Waals surface area contributed by atoms with Crippen LogP contribution >= 0.6 is 11.6 Å². The van der Waals surface area contributed by atoms with Crippen LogP contribution in [-0.2, 0) is 19.4 Å². The molecule has 3 nitrogen and oxygen atoms in total. The molecule has 0 amide bonds. The van der Waals surface area contributed by atoms with Crippen molar-refractivity contribution in [3.63, 3.8) is 0 Å². The van der Waals surface area contributed by atoms with Crippen LogP contribution in [0.3, 0.4) is 0 Å². The third-order valence-corrected chi connectivity index (χ3v) is 5.26. The number of nitrogens with two attached hydrogens (primary N) is 1. The van der Waals surface area contributed by atoms with Crippen molar-refractivity contribution in [2.45, 2.75) is 84.2 Å². The van der Waals surface area contributed by atoms with Crippen LogP contribution in [0.25, 0.3) is 0 Å². The zero-order valence-corrected chi connectivity index (χ0v) is 14.3. The summed E-state index contributed by atoms with van der Waals surface area (Å²) < 4.78 is 2.03. The van der Waals surface area contributed by atoms with Gasteiger partial charge in [0.05, 0.1) is 16.4 Å². The third kappa shape index (κ3) is 4.46. The van der Waals surface area contributed by atoms with Gasteiger partial charge in [0.25, 0.3) is 0 Å². The molecule has 0 aliphatic heterocycles. The minimum atomic E-state index is 0.205. The van der Waals surface area contributed by atoms with Crippen molar-refractivity contribution in [2.24, 2.45) is 11.7 Å². The van der Waals surface area contributed by atoms with Gasteiger partial charge in [-0.05, 0) is 32.1 Å². The van der Waals surface area contributed by atoms with Crippen molar-refractivity contribution >= 4 is 11.6 Å². The Labute approximate surface area is 134 Å². The Balaban J connectivity index is 1.89. The van der Waals surface area contributed by atoms with Crippen LogP contribution in [0.1, 0.15) is 70.2 Å². The molecule has 1 aliphatic carbocycles. The highest BCUT2D eigenvalue weighted by molar-refractivity contribution is 6.31. The molecule has 1 aromatic heterocycles. The fraction of sp³-hybridized carbons (Fsp3) is 0.824. The van der Waals surface area contributed by atoms with Crippen LogP contribution in [0.4, 0.5) is 0 Å². The summed E-state index contributed by atoms with van der Waals surface area (Å²) in [5.74, 6) is 0.905. The van der Waals surface area contributed by atoms with Gasteiger partial charge in [-0.2, -0.15) is 5.10 Å². The molecule has 4 heteroatoms. The Morgan fingerprint density at radius 1 is 1.29 bits per heavy atom. The number of hydrogen-bond acceptors (Lipinski definition) is 2. The lowest BCUT2D eigenvalue weighted by Crippen LogP contribution is -2.25. The fourth-order valence-corrected chi connectivity index (χ4v) is 3.83. The maximum absolute atomic E-state index is 6.46. The summed E-state index contributed by atoms with van der Waals surface area (Å²) in [6.07, 6.45) is 11.2. The van der Waals surface area contributed by atoms with Gasteiger partial charge in [-0.15, -0.1) is 0 Å². The lowest BCUT2D eigenvalue weighted by atomic mass is 9.85. The van der Waals surface area contributed by atoms with E-state index in [0.29, 0.717) is 0 Å². The second-order valence-electron chi connectivity index (χ2n) is 6.42. The number of halogens is 1. The number of rotatable bonds is 7. The van der Waals surface area contributed by atoms with Crippen molar-refractivity contribution in [3.05, 3.63) is 16.4 Å². The summed E-state index contributed by atoms with van der Waals surface area (Å²) in [5, 5.41) is 5.42. The van der Waals surface area contributed by atoms with Gasteiger partial charge in [0.15, 0.2) is 0 Å². The van der Waals surface area contributed by atoms with E-state index >= 15 is 0 Å². The van der Waals surface area contributed by atoms with Gasteiger partial charge in [-0.1, -0.05) is 50.6 Å². The molecule has 1 unspecified atom stereocenters. The van der Waals surface area contributed by atoms with Gasteiger partial charge in [0, 0.05) is 19.0 Å². The van der Waals surface area contributed by atoms with E-state index in [0.717, 1.165) is 48.1 Å². The quantitative estimate of drug-likeness (QED) is 0.813. The minimum absolute atomic E-state index is 0.205. The average Bonchev–Trinajstić information content (AvgIpc) is 2.82. The van der Waals surface area contributed by atoms with E-state index in [2.05, 4.69) is 18.9 Å². The van der Waals surface area contributed by atoms with Gasteiger partial charge in [-0.3, -0.25) is 4.68 Å². The van der Waals surface area contributed by atoms with Crippen LogP contribution in [0, 0.1) is 5.92 Å². The van der Waals surface area contributed by atoms with Gasteiger partial charge in [0.2, 0.25) is 0 Å². The molecule has 2 rings (SSSR count). The van der Waals surface area contributed by atoms with E-state index in [4.69, 9.17) is 17.3 Å². The summed E-state index contributed by atoms with van der Waals surface area (Å²) in [4.78, 5) is 0. The van der Waals surface area contributed by atoms with Crippen molar-refractivity contribution < 1.29 is 0 Å². The Morgan fingerprint density at radius 2 is 2.00 bits per heavy atom. The summed E-state index contributed by atoms with van der Waals surface area (Å²) in [6, 6.07) is 0.205. The van der Waals surface area contributed by atoms with Crippen LogP contribution in [-0.4, -0.2) is 15.8 Å². The average molecular weight is 312 g/mol. The third-order valence-electron chi connectivity index (χ3n) is 4.82. The van der Waals surface area contributed by atoms with E-state index in [1.54, 1.807) is 0 Å². The highest BCUT2D eigenvalue weighted by atomic mass is 35.5. The molecular formula is C17H30ClN3. The summed E-state index contributed by atoms with van der Waals surface area (Å²) >= 11 is 6.46. The Hall–Kier alpha value is -0.540. The molecule has 1 saturated carbocycles. The van der Waals surface area contributed by atoms with Gasteiger partial charge in [0.1, 0.15) is 0 Å². The molecule has 120 valence electrons. The first-order valence-corrected chi connectivity index (χ1v) is 9.03. The predicted molar refractivity (Wildman–Crippen MR) is 89.8 cm³/mol. The van der Waals surface area contributed by atoms with Crippen molar-refractivity contribution in [1.29, 1.82) is 0 Å². The lowest BCUT2D eigenvalue weighted by molar-refractivity contribution is 0.322. The maximum Gasteiger partial charge on any atom is 0.0850 e. The molecule has 0 bridgehead atoms. The standard InChI is InChI=1S/C17H30ClN3/c1-3-15-17(18)16(21(4-2)20-15)12-14(19)11-10-13-8-6-5-7-9-13/h13-14H,3-12,19H2,1-2H3. The largest absolute Gasteiger partial charge is 0.327 e. The molecule has 0 saturated heterocycles. The Morgan fingerprint density at radius 3 is 2.62 bits per heavy atom. The summed E-state index contributed by atoms with van der Waals surface area (Å²) in [6.45, 7) is 5.07. The first kappa shape index (κ1) is 16.8.